The van der Waals surface area contributed by atoms with Crippen LogP contribution in [0.2, 0.25) is 5.02 Å². The summed E-state index contributed by atoms with van der Waals surface area (Å²) in [7, 11) is 0. The molecule has 0 aromatic heterocycles. The molecule has 0 radical (unpaired) electrons. The number of nitrogens with one attached hydrogen (secondary N) is 1. The molecular weight excluding hydrogens is 265 g/mol. The molecular formula is C15H21ClFNO. The minimum absolute atomic E-state index is 0.0259. The Kier molecular flexibility index (Phi) is 4.82. The lowest BCUT2D eigenvalue weighted by Crippen LogP contribution is -2.36. The molecule has 0 aliphatic heterocycles. The topological polar surface area (TPSA) is 32.3 Å². The van der Waals surface area contributed by atoms with Crippen molar-refractivity contribution in [3.8, 4) is 0 Å². The Labute approximate surface area is 119 Å². The maximum Gasteiger partial charge on any atom is 0.141 e. The lowest BCUT2D eigenvalue weighted by Gasteiger charge is -2.29. The summed E-state index contributed by atoms with van der Waals surface area (Å²) in [6, 6.07) is 4.91. The van der Waals surface area contributed by atoms with Gasteiger partial charge in [0.15, 0.2) is 0 Å². The Morgan fingerprint density at radius 3 is 2.68 bits per heavy atom. The Hall–Kier alpha value is -0.640. The molecule has 19 heavy (non-hydrogen) atoms. The summed E-state index contributed by atoms with van der Waals surface area (Å²) in [4.78, 5) is 0. The molecule has 0 amide bonds. The molecule has 1 aromatic carbocycles. The first kappa shape index (κ1) is 14.8. The lowest BCUT2D eigenvalue weighted by atomic mass is 9.87. The molecule has 1 aliphatic rings. The number of rotatable bonds is 5. The van der Waals surface area contributed by atoms with Crippen molar-refractivity contribution in [2.24, 2.45) is 5.41 Å². The Morgan fingerprint density at radius 2 is 2.11 bits per heavy atom. The van der Waals surface area contributed by atoms with Gasteiger partial charge in [0, 0.05) is 24.6 Å². The molecule has 0 heterocycles. The van der Waals surface area contributed by atoms with Crippen molar-refractivity contribution in [3.63, 3.8) is 0 Å². The molecule has 2 rings (SSSR count). The van der Waals surface area contributed by atoms with E-state index in [9.17, 15) is 9.50 Å². The molecule has 0 saturated heterocycles. The van der Waals surface area contributed by atoms with Crippen molar-refractivity contribution in [2.75, 3.05) is 13.2 Å². The standard InChI is InChI=1S/C15H21ClFNO/c1-11(12-4-5-14(17)13(16)8-12)18-9-15(10-19)6-2-3-7-15/h4-5,8,11,18-19H,2-3,6-7,9-10H2,1H3. The highest BCUT2D eigenvalue weighted by atomic mass is 35.5. The SMILES string of the molecule is CC(NCC1(CO)CCCC1)c1ccc(F)c(Cl)c1. The van der Waals surface area contributed by atoms with Crippen LogP contribution in [0.3, 0.4) is 0 Å². The number of hydrogen-bond acceptors (Lipinski definition) is 2. The highest BCUT2D eigenvalue weighted by Gasteiger charge is 2.33. The zero-order valence-corrected chi connectivity index (χ0v) is 12.0. The van der Waals surface area contributed by atoms with Crippen LogP contribution in [0, 0.1) is 11.2 Å². The average Bonchev–Trinajstić information content (AvgIpc) is 2.89. The normalized spacial score (nSPS) is 19.6. The van der Waals surface area contributed by atoms with E-state index in [2.05, 4.69) is 5.32 Å². The second-order valence-electron chi connectivity index (χ2n) is 5.64. The molecule has 4 heteroatoms. The van der Waals surface area contributed by atoms with Crippen LogP contribution in [0.5, 0.6) is 0 Å². The first-order valence-corrected chi connectivity index (χ1v) is 7.23. The predicted molar refractivity (Wildman–Crippen MR) is 75.8 cm³/mol. The Morgan fingerprint density at radius 1 is 1.42 bits per heavy atom. The first-order valence-electron chi connectivity index (χ1n) is 6.85. The van der Waals surface area contributed by atoms with Gasteiger partial charge in [0.2, 0.25) is 0 Å². The zero-order chi connectivity index (χ0) is 13.9. The van der Waals surface area contributed by atoms with Crippen LogP contribution in [0.25, 0.3) is 0 Å². The largest absolute Gasteiger partial charge is 0.396 e. The van der Waals surface area contributed by atoms with Crippen molar-refractivity contribution >= 4 is 11.6 Å². The summed E-state index contributed by atoms with van der Waals surface area (Å²) >= 11 is 5.80. The van der Waals surface area contributed by atoms with E-state index in [1.165, 1.54) is 18.9 Å². The highest BCUT2D eigenvalue weighted by Crippen LogP contribution is 2.37. The van der Waals surface area contributed by atoms with Crippen LogP contribution in [0.15, 0.2) is 18.2 Å². The minimum Gasteiger partial charge on any atom is -0.396 e. The van der Waals surface area contributed by atoms with Crippen LogP contribution in [0.1, 0.15) is 44.2 Å². The van der Waals surface area contributed by atoms with Gasteiger partial charge in [-0.2, -0.15) is 0 Å². The number of aliphatic hydroxyl groups is 1. The molecule has 1 fully saturated rings. The van der Waals surface area contributed by atoms with Gasteiger partial charge in [-0.05, 0) is 37.5 Å². The summed E-state index contributed by atoms with van der Waals surface area (Å²) < 4.78 is 13.1. The van der Waals surface area contributed by atoms with Crippen molar-refractivity contribution in [1.29, 1.82) is 0 Å². The second-order valence-corrected chi connectivity index (χ2v) is 6.05. The molecule has 1 atom stereocenters. The fraction of sp³-hybridized carbons (Fsp3) is 0.600. The third kappa shape index (κ3) is 3.47. The molecule has 0 bridgehead atoms. The van der Waals surface area contributed by atoms with Gasteiger partial charge >= 0.3 is 0 Å². The molecule has 2 N–H and O–H groups in total. The van der Waals surface area contributed by atoms with Crippen LogP contribution in [0.4, 0.5) is 4.39 Å². The summed E-state index contributed by atoms with van der Waals surface area (Å²) in [5.74, 6) is -0.389. The van der Waals surface area contributed by atoms with Gasteiger partial charge in [0.1, 0.15) is 5.82 Å². The summed E-state index contributed by atoms with van der Waals surface area (Å²) in [5, 5.41) is 13.2. The van der Waals surface area contributed by atoms with Crippen molar-refractivity contribution in [2.45, 2.75) is 38.6 Å². The molecule has 2 nitrogen and oxygen atoms in total. The number of aliphatic hydroxyl groups excluding tert-OH is 1. The van der Waals surface area contributed by atoms with E-state index in [0.29, 0.717) is 0 Å². The number of hydrogen-bond donors (Lipinski definition) is 2. The molecule has 1 saturated carbocycles. The van der Waals surface area contributed by atoms with Crippen LogP contribution < -0.4 is 5.32 Å². The van der Waals surface area contributed by atoms with Gasteiger partial charge in [-0.3, -0.25) is 0 Å². The van der Waals surface area contributed by atoms with Gasteiger partial charge in [0.25, 0.3) is 0 Å². The lowest BCUT2D eigenvalue weighted by molar-refractivity contribution is 0.125. The molecule has 1 aliphatic carbocycles. The zero-order valence-electron chi connectivity index (χ0n) is 11.3. The third-order valence-corrected chi connectivity index (χ3v) is 4.52. The summed E-state index contributed by atoms with van der Waals surface area (Å²) in [6.07, 6.45) is 4.54. The fourth-order valence-corrected chi connectivity index (χ4v) is 2.97. The van der Waals surface area contributed by atoms with E-state index in [4.69, 9.17) is 11.6 Å². The quantitative estimate of drug-likeness (QED) is 0.865. The van der Waals surface area contributed by atoms with Crippen LogP contribution >= 0.6 is 11.6 Å². The van der Waals surface area contributed by atoms with E-state index < -0.39 is 0 Å². The first-order chi connectivity index (χ1) is 9.06. The fourth-order valence-electron chi connectivity index (χ4n) is 2.78. The van der Waals surface area contributed by atoms with E-state index in [1.54, 1.807) is 12.1 Å². The van der Waals surface area contributed by atoms with Gasteiger partial charge < -0.3 is 10.4 Å². The van der Waals surface area contributed by atoms with Crippen molar-refractivity contribution in [1.82, 2.24) is 5.32 Å². The van der Waals surface area contributed by atoms with Gasteiger partial charge in [-0.25, -0.2) is 4.39 Å². The monoisotopic (exact) mass is 285 g/mol. The molecule has 1 aromatic rings. The average molecular weight is 286 g/mol. The smallest absolute Gasteiger partial charge is 0.141 e. The van der Waals surface area contributed by atoms with Gasteiger partial charge in [-0.15, -0.1) is 0 Å². The third-order valence-electron chi connectivity index (χ3n) is 4.23. The van der Waals surface area contributed by atoms with E-state index in [1.807, 2.05) is 6.92 Å². The molecule has 106 valence electrons. The van der Waals surface area contributed by atoms with E-state index in [-0.39, 0.29) is 28.9 Å². The van der Waals surface area contributed by atoms with E-state index >= 15 is 0 Å². The minimum atomic E-state index is -0.389. The Bertz CT molecular complexity index is 432. The van der Waals surface area contributed by atoms with Crippen LogP contribution in [-0.2, 0) is 0 Å². The van der Waals surface area contributed by atoms with E-state index in [0.717, 1.165) is 24.9 Å². The summed E-state index contributed by atoms with van der Waals surface area (Å²) in [5.41, 5.74) is 0.996. The Balaban J connectivity index is 1.96. The number of halogens is 2. The van der Waals surface area contributed by atoms with Crippen LogP contribution in [-0.4, -0.2) is 18.3 Å². The number of benzene rings is 1. The predicted octanol–water partition coefficient (Wildman–Crippen LogP) is 3.68. The molecule has 0 spiro atoms. The molecule has 1 unspecified atom stereocenters. The maximum absolute atomic E-state index is 13.1. The van der Waals surface area contributed by atoms with Crippen molar-refractivity contribution in [3.05, 3.63) is 34.6 Å². The maximum atomic E-state index is 13.1. The van der Waals surface area contributed by atoms with Gasteiger partial charge in [-0.1, -0.05) is 30.5 Å². The highest BCUT2D eigenvalue weighted by molar-refractivity contribution is 6.30. The van der Waals surface area contributed by atoms with Crippen molar-refractivity contribution < 1.29 is 9.50 Å². The second kappa shape index (κ2) is 6.21. The summed E-state index contributed by atoms with van der Waals surface area (Å²) in [6.45, 7) is 3.06. The van der Waals surface area contributed by atoms with Gasteiger partial charge in [0.05, 0.1) is 5.02 Å².